The smallest absolute Gasteiger partial charge is 0.151 e. The molecule has 0 aliphatic carbocycles. The molecule has 3 aromatic rings. The van der Waals surface area contributed by atoms with E-state index < -0.39 is 0 Å². The molecule has 3 aromatic heterocycles. The van der Waals surface area contributed by atoms with Crippen molar-refractivity contribution in [1.29, 1.82) is 0 Å². The van der Waals surface area contributed by atoms with Gasteiger partial charge < -0.3 is 4.40 Å². The van der Waals surface area contributed by atoms with Crippen LogP contribution in [0.1, 0.15) is 0 Å². The lowest BCUT2D eigenvalue weighted by molar-refractivity contribution is 1.18. The summed E-state index contributed by atoms with van der Waals surface area (Å²) in [7, 11) is 0. The molecule has 3 heterocycles. The highest BCUT2D eigenvalue weighted by Crippen LogP contribution is 2.21. The predicted octanol–water partition coefficient (Wildman–Crippen LogP) is 2.55. The van der Waals surface area contributed by atoms with Crippen LogP contribution in [-0.2, 0) is 0 Å². The number of aromatic nitrogens is 4. The quantitative estimate of drug-likeness (QED) is 0.685. The van der Waals surface area contributed by atoms with Gasteiger partial charge in [-0.25, -0.2) is 4.98 Å². The summed E-state index contributed by atoms with van der Waals surface area (Å²) in [6.07, 6.45) is 8.90. The van der Waals surface area contributed by atoms with Crippen molar-refractivity contribution in [1.82, 2.24) is 19.4 Å². The van der Waals surface area contributed by atoms with Crippen molar-refractivity contribution in [2.75, 3.05) is 0 Å². The zero-order valence-corrected chi connectivity index (χ0v) is 9.79. The van der Waals surface area contributed by atoms with Crippen LogP contribution in [0.2, 0.25) is 0 Å². The Morgan fingerprint density at radius 3 is 2.88 bits per heavy atom. The second-order valence-corrected chi connectivity index (χ2v) is 4.16. The molecule has 3 rings (SSSR count). The Morgan fingerprint density at radius 2 is 2.12 bits per heavy atom. The van der Waals surface area contributed by atoms with Gasteiger partial charge in [0.15, 0.2) is 5.65 Å². The number of halogens is 1. The summed E-state index contributed by atoms with van der Waals surface area (Å²) in [6, 6.07) is 3.92. The molecule has 0 bridgehead atoms. The van der Waals surface area contributed by atoms with Gasteiger partial charge in [0.2, 0.25) is 0 Å². The molecule has 0 aliphatic rings. The maximum absolute atomic E-state index is 4.50. The molecule has 0 N–H and O–H groups in total. The van der Waals surface area contributed by atoms with Gasteiger partial charge in [-0.3, -0.25) is 9.97 Å². The molecule has 78 valence electrons. The first kappa shape index (κ1) is 9.47. The van der Waals surface area contributed by atoms with E-state index in [4.69, 9.17) is 0 Å². The van der Waals surface area contributed by atoms with E-state index in [1.165, 1.54) is 0 Å². The van der Waals surface area contributed by atoms with Crippen molar-refractivity contribution in [3.63, 3.8) is 0 Å². The molecule has 0 amide bonds. The molecule has 0 spiro atoms. The van der Waals surface area contributed by atoms with Crippen LogP contribution in [0.25, 0.3) is 17.0 Å². The van der Waals surface area contributed by atoms with Crippen molar-refractivity contribution >= 4 is 21.6 Å². The minimum absolute atomic E-state index is 0.776. The zero-order valence-electron chi connectivity index (χ0n) is 8.21. The number of hydrogen-bond acceptors (Lipinski definition) is 3. The molecular weight excluding hydrogens is 268 g/mol. The number of hydrogen-bond donors (Lipinski definition) is 0. The third kappa shape index (κ3) is 1.49. The number of fused-ring (bicyclic) bond motifs is 1. The third-order valence-electron chi connectivity index (χ3n) is 2.26. The number of pyridine rings is 1. The van der Waals surface area contributed by atoms with E-state index in [9.17, 15) is 0 Å². The van der Waals surface area contributed by atoms with Crippen molar-refractivity contribution in [2.45, 2.75) is 0 Å². The van der Waals surface area contributed by atoms with Crippen LogP contribution in [0, 0.1) is 0 Å². The third-order valence-corrected chi connectivity index (χ3v) is 2.88. The highest BCUT2D eigenvalue weighted by molar-refractivity contribution is 9.10. The van der Waals surface area contributed by atoms with Crippen molar-refractivity contribution in [3.8, 4) is 11.4 Å². The van der Waals surface area contributed by atoms with Crippen LogP contribution in [0.4, 0.5) is 0 Å². The van der Waals surface area contributed by atoms with Gasteiger partial charge in [0, 0.05) is 24.8 Å². The molecule has 0 unspecified atom stereocenters. The average Bonchev–Trinajstić information content (AvgIpc) is 2.76. The summed E-state index contributed by atoms with van der Waals surface area (Å²) in [6.45, 7) is 0. The van der Waals surface area contributed by atoms with Crippen LogP contribution in [-0.4, -0.2) is 19.4 Å². The second kappa shape index (κ2) is 3.68. The van der Waals surface area contributed by atoms with E-state index in [1.807, 2.05) is 28.9 Å². The maximum atomic E-state index is 4.50. The van der Waals surface area contributed by atoms with E-state index in [1.54, 1.807) is 18.6 Å². The summed E-state index contributed by atoms with van der Waals surface area (Å²) in [4.78, 5) is 12.7. The van der Waals surface area contributed by atoms with E-state index in [0.717, 1.165) is 21.5 Å². The minimum Gasteiger partial charge on any atom is -0.305 e. The van der Waals surface area contributed by atoms with Gasteiger partial charge in [-0.05, 0) is 28.1 Å². The minimum atomic E-state index is 0.776. The van der Waals surface area contributed by atoms with E-state index in [-0.39, 0.29) is 0 Å². The molecule has 5 heteroatoms. The first-order chi connectivity index (χ1) is 7.84. The van der Waals surface area contributed by atoms with Crippen molar-refractivity contribution in [3.05, 3.63) is 47.6 Å². The number of rotatable bonds is 1. The molecule has 0 atom stereocenters. The Kier molecular flexibility index (Phi) is 2.18. The summed E-state index contributed by atoms with van der Waals surface area (Å²) >= 11 is 3.46. The SMILES string of the molecule is Brc1cccn2cc(-c3cnccn3)nc12. The fraction of sp³-hybridized carbons (Fsp3) is 0. The van der Waals surface area contributed by atoms with Crippen LogP contribution < -0.4 is 0 Å². The molecule has 0 aliphatic heterocycles. The Morgan fingerprint density at radius 1 is 1.19 bits per heavy atom. The van der Waals surface area contributed by atoms with E-state index in [0.29, 0.717) is 0 Å². The van der Waals surface area contributed by atoms with Crippen LogP contribution in [0.3, 0.4) is 0 Å². The second-order valence-electron chi connectivity index (χ2n) is 3.30. The van der Waals surface area contributed by atoms with Crippen LogP contribution >= 0.6 is 15.9 Å². The number of nitrogens with zero attached hydrogens (tertiary/aromatic N) is 4. The molecule has 0 radical (unpaired) electrons. The molecule has 4 nitrogen and oxygen atoms in total. The van der Waals surface area contributed by atoms with Gasteiger partial charge in [-0.2, -0.15) is 0 Å². The summed E-state index contributed by atoms with van der Waals surface area (Å²) in [5.41, 5.74) is 2.47. The monoisotopic (exact) mass is 274 g/mol. The zero-order chi connectivity index (χ0) is 11.0. The van der Waals surface area contributed by atoms with Crippen LogP contribution in [0.5, 0.6) is 0 Å². The summed E-state index contributed by atoms with van der Waals surface area (Å²) < 4.78 is 2.92. The van der Waals surface area contributed by atoms with Crippen molar-refractivity contribution in [2.24, 2.45) is 0 Å². The average molecular weight is 275 g/mol. The molecule has 0 saturated carbocycles. The van der Waals surface area contributed by atoms with Gasteiger partial charge in [-0.1, -0.05) is 0 Å². The molecular formula is C11H7BrN4. The Bertz CT molecular complexity index is 633. The topological polar surface area (TPSA) is 43.1 Å². The lowest BCUT2D eigenvalue weighted by Gasteiger charge is -1.92. The first-order valence-corrected chi connectivity index (χ1v) is 5.53. The highest BCUT2D eigenvalue weighted by Gasteiger charge is 2.06. The van der Waals surface area contributed by atoms with Gasteiger partial charge >= 0.3 is 0 Å². The largest absolute Gasteiger partial charge is 0.305 e. The molecule has 0 saturated heterocycles. The maximum Gasteiger partial charge on any atom is 0.151 e. The van der Waals surface area contributed by atoms with Gasteiger partial charge in [0.1, 0.15) is 11.4 Å². The van der Waals surface area contributed by atoms with Gasteiger partial charge in [0.25, 0.3) is 0 Å². The lowest BCUT2D eigenvalue weighted by Crippen LogP contribution is -1.83. The molecule has 0 fully saturated rings. The summed E-state index contributed by atoms with van der Waals surface area (Å²) in [5.74, 6) is 0. The Hall–Kier alpha value is -1.75. The fourth-order valence-corrected chi connectivity index (χ4v) is 1.98. The molecule has 16 heavy (non-hydrogen) atoms. The fourth-order valence-electron chi connectivity index (χ4n) is 1.53. The van der Waals surface area contributed by atoms with Gasteiger partial charge in [0.05, 0.1) is 10.7 Å². The standard InChI is InChI=1S/C11H7BrN4/c12-8-2-1-5-16-7-10(15-11(8)16)9-6-13-3-4-14-9/h1-7H. The van der Waals surface area contributed by atoms with Gasteiger partial charge in [-0.15, -0.1) is 0 Å². The Balaban J connectivity index is 2.23. The number of imidazole rings is 1. The lowest BCUT2D eigenvalue weighted by atomic mass is 10.3. The normalized spacial score (nSPS) is 10.8. The first-order valence-electron chi connectivity index (χ1n) is 4.74. The Labute approximate surface area is 100 Å². The van der Waals surface area contributed by atoms with Crippen molar-refractivity contribution < 1.29 is 0 Å². The highest BCUT2D eigenvalue weighted by atomic mass is 79.9. The predicted molar refractivity (Wildman–Crippen MR) is 63.9 cm³/mol. The van der Waals surface area contributed by atoms with Crippen LogP contribution in [0.15, 0.2) is 47.6 Å². The van der Waals surface area contributed by atoms with E-state index >= 15 is 0 Å². The molecule has 0 aromatic carbocycles. The summed E-state index contributed by atoms with van der Waals surface area (Å²) in [5, 5.41) is 0. The van der Waals surface area contributed by atoms with E-state index in [2.05, 4.69) is 30.9 Å².